The van der Waals surface area contributed by atoms with Crippen LogP contribution < -0.4 is 19.5 Å². The Labute approximate surface area is 256 Å². The van der Waals surface area contributed by atoms with E-state index in [1.54, 1.807) is 33.1 Å². The van der Waals surface area contributed by atoms with Crippen LogP contribution in [-0.2, 0) is 19.1 Å². The number of methoxy groups -OCH3 is 3. The van der Waals surface area contributed by atoms with Crippen molar-refractivity contribution in [1.29, 1.82) is 0 Å². The van der Waals surface area contributed by atoms with Gasteiger partial charge in [-0.2, -0.15) is 0 Å². The summed E-state index contributed by atoms with van der Waals surface area (Å²) in [4.78, 5) is 41.3. The zero-order valence-corrected chi connectivity index (χ0v) is 25.5. The van der Waals surface area contributed by atoms with Crippen LogP contribution in [0.3, 0.4) is 0 Å². The summed E-state index contributed by atoms with van der Waals surface area (Å²) in [6.45, 7) is 4.52. The van der Waals surface area contributed by atoms with Gasteiger partial charge in [0.1, 0.15) is 24.4 Å². The van der Waals surface area contributed by atoms with Crippen LogP contribution >= 0.6 is 0 Å². The molecule has 2 aromatic carbocycles. The number of hydrogen-bond donors (Lipinski definition) is 2. The van der Waals surface area contributed by atoms with Crippen LogP contribution in [0.25, 0.3) is 0 Å². The molecule has 13 heteroatoms. The van der Waals surface area contributed by atoms with Crippen molar-refractivity contribution in [2.75, 3.05) is 47.6 Å². The van der Waals surface area contributed by atoms with E-state index in [4.69, 9.17) is 23.7 Å². The lowest BCUT2D eigenvalue weighted by Crippen LogP contribution is -2.36. The molecule has 0 spiro atoms. The van der Waals surface area contributed by atoms with Crippen LogP contribution in [0.2, 0.25) is 0 Å². The van der Waals surface area contributed by atoms with Gasteiger partial charge in [-0.15, -0.1) is 0 Å². The number of esters is 2. The molecule has 3 unspecified atom stereocenters. The van der Waals surface area contributed by atoms with E-state index in [1.165, 1.54) is 32.4 Å². The number of nitro benzene ring substituents is 1. The van der Waals surface area contributed by atoms with Gasteiger partial charge in [0.05, 0.1) is 38.4 Å². The summed E-state index contributed by atoms with van der Waals surface area (Å²) < 4.78 is 27.0. The maximum Gasteiger partial charge on any atom is 0.336 e. The van der Waals surface area contributed by atoms with Gasteiger partial charge in [0, 0.05) is 41.6 Å². The number of aliphatic hydroxyl groups is 1. The molecule has 0 aliphatic carbocycles. The number of benzene rings is 2. The highest BCUT2D eigenvalue weighted by Gasteiger charge is 2.43. The number of nitrogens with zero attached hydrogens (tertiary/aromatic N) is 2. The number of carbonyl (C=O) groups is 2. The highest BCUT2D eigenvalue weighted by molar-refractivity contribution is 6.07. The van der Waals surface area contributed by atoms with Gasteiger partial charge in [-0.25, -0.2) is 4.79 Å². The minimum atomic E-state index is -1.02. The van der Waals surface area contributed by atoms with Gasteiger partial charge >= 0.3 is 11.9 Å². The van der Waals surface area contributed by atoms with Crippen molar-refractivity contribution in [2.45, 2.75) is 38.7 Å². The second-order valence-corrected chi connectivity index (χ2v) is 10.1. The number of hydrogen-bond acceptors (Lipinski definition) is 12. The lowest BCUT2D eigenvalue weighted by Gasteiger charge is -2.31. The molecular formula is C31H39N3O10. The van der Waals surface area contributed by atoms with Crippen molar-refractivity contribution < 1.29 is 43.3 Å². The molecule has 3 rings (SSSR count). The Balaban J connectivity index is 1.65. The van der Waals surface area contributed by atoms with E-state index < -0.39 is 34.8 Å². The first kappa shape index (κ1) is 34.0. The highest BCUT2D eigenvalue weighted by atomic mass is 16.6. The van der Waals surface area contributed by atoms with Crippen LogP contribution in [0.1, 0.15) is 38.2 Å². The van der Waals surface area contributed by atoms with Crippen molar-refractivity contribution in [3.8, 4) is 17.2 Å². The molecule has 1 aliphatic heterocycles. The van der Waals surface area contributed by atoms with Crippen LogP contribution in [-0.4, -0.2) is 81.4 Å². The molecule has 0 saturated heterocycles. The number of non-ortho nitro benzene ring substituents is 1. The van der Waals surface area contributed by atoms with Crippen molar-refractivity contribution in [1.82, 2.24) is 5.32 Å². The maximum atomic E-state index is 12.9. The fourth-order valence-corrected chi connectivity index (χ4v) is 4.99. The molecule has 0 bridgehead atoms. The fraction of sp³-hybridized carbons (Fsp3) is 0.452. The maximum absolute atomic E-state index is 12.9. The number of rotatable bonds is 16. The number of carbonyl (C=O) groups excluding carboxylic acids is 2. The molecule has 3 atom stereocenters. The molecule has 44 heavy (non-hydrogen) atoms. The largest absolute Gasteiger partial charge is 0.493 e. The monoisotopic (exact) mass is 613 g/mol. The Kier molecular flexibility index (Phi) is 12.7. The van der Waals surface area contributed by atoms with Crippen LogP contribution in [0.4, 0.5) is 5.69 Å². The molecule has 0 amide bonds. The second kappa shape index (κ2) is 16.4. The molecule has 0 aromatic heterocycles. The van der Waals surface area contributed by atoms with E-state index >= 15 is 0 Å². The Morgan fingerprint density at radius 3 is 2.41 bits per heavy atom. The first-order valence-corrected chi connectivity index (χ1v) is 14.1. The van der Waals surface area contributed by atoms with Crippen molar-refractivity contribution in [2.24, 2.45) is 10.9 Å². The van der Waals surface area contributed by atoms with E-state index in [9.17, 15) is 24.8 Å². The summed E-state index contributed by atoms with van der Waals surface area (Å²) in [5, 5.41) is 25.1. The molecule has 0 radical (unpaired) electrons. The fourth-order valence-electron chi connectivity index (χ4n) is 4.99. The quantitative estimate of drug-likeness (QED) is 0.123. The average Bonchev–Trinajstić information content (AvgIpc) is 3.02. The molecule has 238 valence electrons. The molecule has 0 saturated carbocycles. The zero-order valence-electron chi connectivity index (χ0n) is 25.5. The number of para-hydroxylation sites is 2. The Morgan fingerprint density at radius 1 is 1.02 bits per heavy atom. The summed E-state index contributed by atoms with van der Waals surface area (Å²) in [5.74, 6) is -1.94. The molecule has 1 heterocycles. The summed E-state index contributed by atoms with van der Waals surface area (Å²) in [6.07, 6.45) is 0.584. The van der Waals surface area contributed by atoms with Gasteiger partial charge in [-0.3, -0.25) is 19.9 Å². The predicted molar refractivity (Wildman–Crippen MR) is 161 cm³/mol. The number of nitro groups is 1. The van der Waals surface area contributed by atoms with Crippen molar-refractivity contribution in [3.05, 3.63) is 69.4 Å². The minimum Gasteiger partial charge on any atom is -0.493 e. The second-order valence-electron chi connectivity index (χ2n) is 10.1. The molecule has 13 nitrogen and oxygen atoms in total. The Morgan fingerprint density at radius 2 is 1.75 bits per heavy atom. The van der Waals surface area contributed by atoms with Gasteiger partial charge in [0.15, 0.2) is 11.5 Å². The third-order valence-corrected chi connectivity index (χ3v) is 7.11. The van der Waals surface area contributed by atoms with Gasteiger partial charge in [-0.1, -0.05) is 12.1 Å². The Bertz CT molecular complexity index is 1390. The summed E-state index contributed by atoms with van der Waals surface area (Å²) in [6, 6.07) is 11.3. The van der Waals surface area contributed by atoms with Gasteiger partial charge in [0.2, 0.25) is 0 Å². The first-order chi connectivity index (χ1) is 21.1. The number of aliphatic hydroxyl groups excluding tert-OH is 1. The molecule has 1 aliphatic rings. The van der Waals surface area contributed by atoms with E-state index in [2.05, 4.69) is 10.3 Å². The molecule has 2 aromatic rings. The molecular weight excluding hydrogens is 574 g/mol. The number of ether oxygens (including phenoxy) is 5. The van der Waals surface area contributed by atoms with E-state index in [0.717, 1.165) is 0 Å². The van der Waals surface area contributed by atoms with Gasteiger partial charge < -0.3 is 34.1 Å². The third kappa shape index (κ3) is 8.54. The highest BCUT2D eigenvalue weighted by Crippen LogP contribution is 2.44. The Hall–Kier alpha value is -4.49. The summed E-state index contributed by atoms with van der Waals surface area (Å²) >= 11 is 0. The standard InChI is InChI=1S/C31H39N3O10/c1-19-27(30(36)41-4)29(28(20(2)33-19)31(37)42-5)23-16-21(34(38)39)12-13-24(23)43-15-9-8-14-32-17-22(35)18-44-26-11-7-6-10-25(26)40-3/h6-7,10-13,16,22,27,29,32,35H,8-9,14-15,17-18H2,1-5H3. The topological polar surface area (TPSA) is 168 Å². The van der Waals surface area contributed by atoms with Gasteiger partial charge in [0.25, 0.3) is 5.69 Å². The number of nitrogens with one attached hydrogen (secondary N) is 1. The van der Waals surface area contributed by atoms with E-state index in [-0.39, 0.29) is 35.8 Å². The average molecular weight is 614 g/mol. The number of allylic oxidation sites excluding steroid dienone is 1. The minimum absolute atomic E-state index is 0.0938. The predicted octanol–water partition coefficient (Wildman–Crippen LogP) is 3.59. The smallest absolute Gasteiger partial charge is 0.336 e. The molecule has 0 fully saturated rings. The van der Waals surface area contributed by atoms with Crippen LogP contribution in [0, 0.1) is 16.0 Å². The van der Waals surface area contributed by atoms with Crippen LogP contribution in [0.15, 0.2) is 58.7 Å². The van der Waals surface area contributed by atoms with E-state index in [1.807, 2.05) is 12.1 Å². The lowest BCUT2D eigenvalue weighted by atomic mass is 9.75. The zero-order chi connectivity index (χ0) is 32.2. The lowest BCUT2D eigenvalue weighted by molar-refractivity contribution is -0.385. The summed E-state index contributed by atoms with van der Waals surface area (Å²) in [7, 11) is 3.99. The summed E-state index contributed by atoms with van der Waals surface area (Å²) in [5.41, 5.74) is 0.871. The number of unbranched alkanes of at least 4 members (excludes halogenated alkanes) is 1. The van der Waals surface area contributed by atoms with E-state index in [0.29, 0.717) is 48.8 Å². The van der Waals surface area contributed by atoms with Crippen molar-refractivity contribution >= 4 is 23.3 Å². The SMILES string of the molecule is COC(=O)C1=C(C)N=C(C)C(C(=O)OC)C1c1cc([N+](=O)[O-])ccc1OCCCCNCC(O)COc1ccccc1OC. The number of aliphatic imine (C=N–C) groups is 1. The normalized spacial score (nSPS) is 16.9. The van der Waals surface area contributed by atoms with Gasteiger partial charge in [-0.05, 0) is 51.4 Å². The van der Waals surface area contributed by atoms with Crippen LogP contribution in [0.5, 0.6) is 17.2 Å². The third-order valence-electron chi connectivity index (χ3n) is 7.11. The molecule has 2 N–H and O–H groups in total. The first-order valence-electron chi connectivity index (χ1n) is 14.1. The van der Waals surface area contributed by atoms with Crippen molar-refractivity contribution in [3.63, 3.8) is 0 Å².